The van der Waals surface area contributed by atoms with E-state index >= 15 is 0 Å². The molecule has 0 amide bonds. The topological polar surface area (TPSA) is 26.1 Å². The summed E-state index contributed by atoms with van der Waals surface area (Å²) in [6.07, 6.45) is 1.78. The second-order valence-corrected chi connectivity index (χ2v) is 3.99. The van der Waals surface area contributed by atoms with E-state index in [4.69, 9.17) is 0 Å². The molecule has 0 spiro atoms. The fraction of sp³-hybridized carbons (Fsp3) is 0.500. The number of aliphatic hydroxyl groups excluding tert-OH is 1. The van der Waals surface area contributed by atoms with Crippen LogP contribution in [0.25, 0.3) is 0 Å². The lowest BCUT2D eigenvalue weighted by Crippen LogP contribution is -2.39. The van der Waals surface area contributed by atoms with Gasteiger partial charge < -0.3 is 5.11 Å². The molecule has 0 aliphatic carbocycles. The molecule has 1 aromatic rings. The van der Waals surface area contributed by atoms with Crippen LogP contribution >= 0.6 is 0 Å². The molecule has 75 valence electrons. The van der Waals surface area contributed by atoms with Crippen molar-refractivity contribution in [3.63, 3.8) is 0 Å². The third kappa shape index (κ3) is 2.56. The molecule has 2 rings (SSSR count). The first-order valence-electron chi connectivity index (χ1n) is 5.29. The molecule has 2 nitrogen and oxygen atoms in total. The number of benzene rings is 1. The van der Waals surface area contributed by atoms with Crippen molar-refractivity contribution in [3.8, 4) is 0 Å². The van der Waals surface area contributed by atoms with Crippen LogP contribution in [0.15, 0.2) is 30.3 Å². The van der Waals surface area contributed by atoms with E-state index in [0.29, 0.717) is 0 Å². The van der Waals surface area contributed by atoms with Crippen LogP contribution in [-0.2, 0) is 6.54 Å². The van der Waals surface area contributed by atoms with Crippen molar-refractivity contribution < 1.29 is 5.11 Å². The number of nitrogens with zero attached hydrogens (tertiary/aromatic N) is 1. The quantitative estimate of drug-likeness (QED) is 0.704. The molecule has 1 heterocycles. The molecule has 1 aromatic carbocycles. The predicted octanol–water partition coefficient (Wildman–Crippen LogP) is 1.48. The second kappa shape index (κ2) is 4.58. The Morgan fingerprint density at radius 2 is 1.79 bits per heavy atom. The van der Waals surface area contributed by atoms with E-state index < -0.39 is 0 Å². The lowest BCUT2D eigenvalue weighted by Gasteiger charge is -2.20. The standard InChI is InChI=1S/C12H17NO/c14-12-6-8-13(9-7-12)10-11-4-2-1-3-5-11/h1-5,12,14H,6-10H2/q+1. The van der Waals surface area contributed by atoms with Crippen LogP contribution < -0.4 is 4.90 Å². The summed E-state index contributed by atoms with van der Waals surface area (Å²) < 4.78 is 0. The first-order chi connectivity index (χ1) is 6.84. The van der Waals surface area contributed by atoms with Crippen LogP contribution in [0.4, 0.5) is 0 Å². The monoisotopic (exact) mass is 191 g/mol. The normalized spacial score (nSPS) is 19.8. The molecule has 0 bridgehead atoms. The SMILES string of the molecule is OC1CC[N+](Cc2ccccc2)CC1. The summed E-state index contributed by atoms with van der Waals surface area (Å²) in [6, 6.07) is 10.5. The number of hydrogen-bond acceptors (Lipinski definition) is 2. The molecule has 1 fully saturated rings. The average Bonchev–Trinajstić information content (AvgIpc) is 2.23. The second-order valence-electron chi connectivity index (χ2n) is 3.99. The van der Waals surface area contributed by atoms with Gasteiger partial charge in [-0.05, 0) is 0 Å². The Kier molecular flexibility index (Phi) is 3.17. The summed E-state index contributed by atoms with van der Waals surface area (Å²) >= 11 is 0. The lowest BCUT2D eigenvalue weighted by atomic mass is 10.1. The first-order valence-corrected chi connectivity index (χ1v) is 5.29. The van der Waals surface area contributed by atoms with Crippen molar-refractivity contribution in [2.45, 2.75) is 25.5 Å². The van der Waals surface area contributed by atoms with Crippen molar-refractivity contribution in [1.82, 2.24) is 4.90 Å². The van der Waals surface area contributed by atoms with Gasteiger partial charge in [0.25, 0.3) is 0 Å². The maximum Gasteiger partial charge on any atom is 0.148 e. The zero-order chi connectivity index (χ0) is 9.80. The Bertz CT molecular complexity index is 265. The van der Waals surface area contributed by atoms with Crippen LogP contribution in [0.2, 0.25) is 0 Å². The van der Waals surface area contributed by atoms with Crippen molar-refractivity contribution in [2.75, 3.05) is 13.1 Å². The Balaban J connectivity index is 1.87. The minimum absolute atomic E-state index is 0.0676. The van der Waals surface area contributed by atoms with Crippen molar-refractivity contribution >= 4 is 0 Å². The predicted molar refractivity (Wildman–Crippen MR) is 57.3 cm³/mol. The molecule has 14 heavy (non-hydrogen) atoms. The van der Waals surface area contributed by atoms with E-state index in [1.54, 1.807) is 0 Å². The Morgan fingerprint density at radius 1 is 1.14 bits per heavy atom. The molecule has 1 radical (unpaired) electrons. The molecule has 1 saturated heterocycles. The van der Waals surface area contributed by atoms with E-state index in [1.165, 1.54) is 5.56 Å². The fourth-order valence-electron chi connectivity index (χ4n) is 1.92. The van der Waals surface area contributed by atoms with Crippen molar-refractivity contribution in [2.24, 2.45) is 0 Å². The van der Waals surface area contributed by atoms with Crippen LogP contribution in [0.5, 0.6) is 0 Å². The Morgan fingerprint density at radius 3 is 2.43 bits per heavy atom. The molecule has 2 heteroatoms. The number of hydrogen-bond donors (Lipinski definition) is 1. The maximum atomic E-state index is 9.37. The van der Waals surface area contributed by atoms with Crippen LogP contribution in [0.3, 0.4) is 0 Å². The van der Waals surface area contributed by atoms with E-state index in [1.807, 2.05) is 6.07 Å². The van der Waals surface area contributed by atoms with Gasteiger partial charge in [-0.25, -0.2) is 0 Å². The number of likely N-dealkylation sites (tertiary alicyclic amines) is 1. The average molecular weight is 191 g/mol. The highest BCUT2D eigenvalue weighted by Crippen LogP contribution is 2.10. The minimum Gasteiger partial charge on any atom is -0.393 e. The smallest absolute Gasteiger partial charge is 0.148 e. The van der Waals surface area contributed by atoms with E-state index in [-0.39, 0.29) is 6.10 Å². The summed E-state index contributed by atoms with van der Waals surface area (Å²) in [5.74, 6) is 0. The van der Waals surface area contributed by atoms with Gasteiger partial charge in [0.2, 0.25) is 0 Å². The van der Waals surface area contributed by atoms with E-state index in [9.17, 15) is 5.11 Å². The van der Waals surface area contributed by atoms with Crippen molar-refractivity contribution in [3.05, 3.63) is 35.9 Å². The molecular formula is C12H17NO+. The maximum absolute atomic E-state index is 9.37. The number of rotatable bonds is 2. The van der Waals surface area contributed by atoms with Gasteiger partial charge >= 0.3 is 0 Å². The van der Waals surface area contributed by atoms with Gasteiger partial charge in [-0.15, -0.1) is 0 Å². The van der Waals surface area contributed by atoms with E-state index in [0.717, 1.165) is 32.5 Å². The highest BCUT2D eigenvalue weighted by molar-refractivity contribution is 5.14. The molecule has 0 unspecified atom stereocenters. The molecule has 1 aliphatic heterocycles. The lowest BCUT2D eigenvalue weighted by molar-refractivity contribution is 0.112. The minimum atomic E-state index is -0.0676. The van der Waals surface area contributed by atoms with Crippen LogP contribution in [-0.4, -0.2) is 24.3 Å². The molecule has 1 N–H and O–H groups in total. The third-order valence-corrected chi connectivity index (χ3v) is 2.81. The van der Waals surface area contributed by atoms with Gasteiger partial charge in [-0.1, -0.05) is 30.3 Å². The van der Waals surface area contributed by atoms with Gasteiger partial charge in [0.1, 0.15) is 19.6 Å². The fourth-order valence-corrected chi connectivity index (χ4v) is 1.92. The van der Waals surface area contributed by atoms with Crippen molar-refractivity contribution in [1.29, 1.82) is 0 Å². The Hall–Kier alpha value is -0.860. The zero-order valence-corrected chi connectivity index (χ0v) is 8.39. The number of piperidine rings is 1. The third-order valence-electron chi connectivity index (χ3n) is 2.81. The highest BCUT2D eigenvalue weighted by atomic mass is 16.3. The number of aliphatic hydroxyl groups is 1. The summed E-state index contributed by atoms with van der Waals surface area (Å²) in [4.78, 5) is 2.40. The summed E-state index contributed by atoms with van der Waals surface area (Å²) in [5, 5.41) is 9.37. The molecule has 0 atom stereocenters. The summed E-state index contributed by atoms with van der Waals surface area (Å²) in [7, 11) is 0. The van der Waals surface area contributed by atoms with E-state index in [2.05, 4.69) is 29.2 Å². The summed E-state index contributed by atoms with van der Waals surface area (Å²) in [6.45, 7) is 3.07. The largest absolute Gasteiger partial charge is 0.393 e. The first kappa shape index (κ1) is 9.69. The van der Waals surface area contributed by atoms with Gasteiger partial charge in [0, 0.05) is 18.4 Å². The van der Waals surface area contributed by atoms with Gasteiger partial charge in [-0.2, -0.15) is 4.90 Å². The van der Waals surface area contributed by atoms with Gasteiger partial charge in [0.05, 0.1) is 6.10 Å². The molecule has 0 aromatic heterocycles. The van der Waals surface area contributed by atoms with Gasteiger partial charge in [0.15, 0.2) is 0 Å². The molecule has 1 aliphatic rings. The van der Waals surface area contributed by atoms with Gasteiger partial charge in [-0.3, -0.25) is 0 Å². The molecular weight excluding hydrogens is 174 g/mol. The van der Waals surface area contributed by atoms with Crippen LogP contribution in [0.1, 0.15) is 18.4 Å². The summed E-state index contributed by atoms with van der Waals surface area (Å²) in [5.41, 5.74) is 1.36. The Labute approximate surface area is 85.2 Å². The highest BCUT2D eigenvalue weighted by Gasteiger charge is 2.24. The zero-order valence-electron chi connectivity index (χ0n) is 8.39. The van der Waals surface area contributed by atoms with Crippen LogP contribution in [0, 0.1) is 0 Å². The molecule has 0 saturated carbocycles.